The van der Waals surface area contributed by atoms with E-state index in [1.165, 1.54) is 5.56 Å². The molecular weight excluding hydrogens is 300 g/mol. The van der Waals surface area contributed by atoms with Crippen LogP contribution in [0, 0.1) is 6.92 Å². The van der Waals surface area contributed by atoms with Gasteiger partial charge in [0.1, 0.15) is 11.5 Å². The van der Waals surface area contributed by atoms with E-state index in [2.05, 4.69) is 15.9 Å². The van der Waals surface area contributed by atoms with Gasteiger partial charge in [0.05, 0.1) is 5.88 Å². The molecule has 0 aliphatic heterocycles. The van der Waals surface area contributed by atoms with Gasteiger partial charge in [-0.3, -0.25) is 0 Å². The molecule has 0 spiro atoms. The van der Waals surface area contributed by atoms with Crippen molar-refractivity contribution in [1.29, 1.82) is 0 Å². The monoisotopic (exact) mass is 310 g/mol. The van der Waals surface area contributed by atoms with E-state index in [1.807, 2.05) is 49.4 Å². The molecule has 0 N–H and O–H groups in total. The number of aryl methyl sites for hydroxylation is 1. The van der Waals surface area contributed by atoms with Crippen LogP contribution in [0.15, 0.2) is 46.9 Å². The maximum absolute atomic E-state index is 5.88. The maximum Gasteiger partial charge on any atom is 0.132 e. The van der Waals surface area contributed by atoms with Crippen LogP contribution in [-0.4, -0.2) is 0 Å². The van der Waals surface area contributed by atoms with E-state index in [1.54, 1.807) is 0 Å². The summed E-state index contributed by atoms with van der Waals surface area (Å²) < 4.78 is 6.80. The molecule has 2 aromatic rings. The Hall–Kier alpha value is -0.990. The highest BCUT2D eigenvalue weighted by Gasteiger charge is 2.05. The average molecular weight is 312 g/mol. The number of hydrogen-bond donors (Lipinski definition) is 0. The normalized spacial score (nSPS) is 10.3. The molecule has 17 heavy (non-hydrogen) atoms. The lowest BCUT2D eigenvalue weighted by atomic mass is 10.2. The molecular formula is C14H12BrClO. The highest BCUT2D eigenvalue weighted by atomic mass is 79.9. The second-order valence-electron chi connectivity index (χ2n) is 3.80. The Labute approximate surface area is 115 Å². The fraction of sp³-hybridized carbons (Fsp3) is 0.143. The smallest absolute Gasteiger partial charge is 0.132 e. The quantitative estimate of drug-likeness (QED) is 0.700. The van der Waals surface area contributed by atoms with Crippen molar-refractivity contribution in [3.05, 3.63) is 58.1 Å². The van der Waals surface area contributed by atoms with Gasteiger partial charge in [-0.15, -0.1) is 11.6 Å². The predicted molar refractivity (Wildman–Crippen MR) is 75.0 cm³/mol. The second-order valence-corrected chi connectivity index (χ2v) is 4.98. The Bertz CT molecular complexity index is 508. The Morgan fingerprint density at radius 1 is 1.12 bits per heavy atom. The standard InChI is InChI=1S/C14H12BrClO/c1-10-2-6-13(7-3-10)17-14-8-12(15)5-4-11(14)9-16/h2-8H,9H2,1H3. The fourth-order valence-electron chi connectivity index (χ4n) is 1.47. The number of rotatable bonds is 3. The number of halogens is 2. The van der Waals surface area contributed by atoms with E-state index in [4.69, 9.17) is 16.3 Å². The van der Waals surface area contributed by atoms with Gasteiger partial charge in [-0.2, -0.15) is 0 Å². The summed E-state index contributed by atoms with van der Waals surface area (Å²) in [7, 11) is 0. The zero-order valence-electron chi connectivity index (χ0n) is 9.41. The van der Waals surface area contributed by atoms with E-state index >= 15 is 0 Å². The number of alkyl halides is 1. The molecule has 0 atom stereocenters. The minimum absolute atomic E-state index is 0.439. The fourth-order valence-corrected chi connectivity index (χ4v) is 2.03. The van der Waals surface area contributed by atoms with Crippen LogP contribution in [-0.2, 0) is 5.88 Å². The van der Waals surface area contributed by atoms with Crippen LogP contribution in [0.2, 0.25) is 0 Å². The van der Waals surface area contributed by atoms with E-state index < -0.39 is 0 Å². The zero-order chi connectivity index (χ0) is 12.3. The van der Waals surface area contributed by atoms with Crippen molar-refractivity contribution in [3.63, 3.8) is 0 Å². The average Bonchev–Trinajstić information content (AvgIpc) is 2.32. The van der Waals surface area contributed by atoms with Crippen LogP contribution >= 0.6 is 27.5 Å². The molecule has 88 valence electrons. The number of benzene rings is 2. The molecule has 0 unspecified atom stereocenters. The van der Waals surface area contributed by atoms with Gasteiger partial charge in [0.25, 0.3) is 0 Å². The lowest BCUT2D eigenvalue weighted by Crippen LogP contribution is -1.89. The Morgan fingerprint density at radius 2 is 1.82 bits per heavy atom. The summed E-state index contributed by atoms with van der Waals surface area (Å²) in [6, 6.07) is 13.8. The lowest BCUT2D eigenvalue weighted by molar-refractivity contribution is 0.478. The Kier molecular flexibility index (Phi) is 4.08. The van der Waals surface area contributed by atoms with Gasteiger partial charge >= 0.3 is 0 Å². The molecule has 2 rings (SSSR count). The van der Waals surface area contributed by atoms with Gasteiger partial charge in [-0.05, 0) is 31.2 Å². The summed E-state index contributed by atoms with van der Waals surface area (Å²) in [4.78, 5) is 0. The van der Waals surface area contributed by atoms with Crippen molar-refractivity contribution < 1.29 is 4.74 Å². The van der Waals surface area contributed by atoms with E-state index in [0.29, 0.717) is 5.88 Å². The van der Waals surface area contributed by atoms with Crippen LogP contribution in [0.1, 0.15) is 11.1 Å². The summed E-state index contributed by atoms with van der Waals surface area (Å²) in [5, 5.41) is 0. The highest BCUT2D eigenvalue weighted by molar-refractivity contribution is 9.10. The van der Waals surface area contributed by atoms with Crippen LogP contribution in [0.3, 0.4) is 0 Å². The van der Waals surface area contributed by atoms with Crippen molar-refractivity contribution in [2.24, 2.45) is 0 Å². The van der Waals surface area contributed by atoms with Gasteiger partial charge in [-0.1, -0.05) is 39.7 Å². The zero-order valence-corrected chi connectivity index (χ0v) is 11.8. The SMILES string of the molecule is Cc1ccc(Oc2cc(Br)ccc2CCl)cc1. The summed E-state index contributed by atoms with van der Waals surface area (Å²) in [6.07, 6.45) is 0. The summed E-state index contributed by atoms with van der Waals surface area (Å²) >= 11 is 9.31. The minimum Gasteiger partial charge on any atom is -0.457 e. The highest BCUT2D eigenvalue weighted by Crippen LogP contribution is 2.29. The first-order chi connectivity index (χ1) is 8.19. The molecule has 0 bridgehead atoms. The van der Waals surface area contributed by atoms with E-state index in [-0.39, 0.29) is 0 Å². The third-order valence-corrected chi connectivity index (χ3v) is 3.20. The molecule has 0 saturated carbocycles. The van der Waals surface area contributed by atoms with Crippen LogP contribution in [0.5, 0.6) is 11.5 Å². The lowest BCUT2D eigenvalue weighted by Gasteiger charge is -2.10. The largest absolute Gasteiger partial charge is 0.457 e. The van der Waals surface area contributed by atoms with Gasteiger partial charge in [0, 0.05) is 10.0 Å². The van der Waals surface area contributed by atoms with E-state index in [0.717, 1.165) is 21.5 Å². The molecule has 0 aliphatic rings. The first-order valence-electron chi connectivity index (χ1n) is 5.28. The molecule has 3 heteroatoms. The number of ether oxygens (including phenoxy) is 1. The van der Waals surface area contributed by atoms with Gasteiger partial charge < -0.3 is 4.74 Å². The second kappa shape index (κ2) is 5.56. The molecule has 0 amide bonds. The van der Waals surface area contributed by atoms with Crippen molar-refractivity contribution >= 4 is 27.5 Å². The van der Waals surface area contributed by atoms with Gasteiger partial charge in [0.15, 0.2) is 0 Å². The van der Waals surface area contributed by atoms with Crippen molar-refractivity contribution in [1.82, 2.24) is 0 Å². The first kappa shape index (κ1) is 12.5. The summed E-state index contributed by atoms with van der Waals surface area (Å²) in [5.74, 6) is 2.05. The van der Waals surface area contributed by atoms with Crippen molar-refractivity contribution in [2.75, 3.05) is 0 Å². The van der Waals surface area contributed by atoms with Crippen LogP contribution in [0.25, 0.3) is 0 Å². The maximum atomic E-state index is 5.88. The van der Waals surface area contributed by atoms with Gasteiger partial charge in [0.2, 0.25) is 0 Å². The molecule has 1 nitrogen and oxygen atoms in total. The predicted octanol–water partition coefficient (Wildman–Crippen LogP) is 5.29. The molecule has 0 radical (unpaired) electrons. The van der Waals surface area contributed by atoms with Crippen molar-refractivity contribution in [2.45, 2.75) is 12.8 Å². The molecule has 0 fully saturated rings. The molecule has 0 heterocycles. The molecule has 0 saturated heterocycles. The van der Waals surface area contributed by atoms with Crippen LogP contribution < -0.4 is 4.74 Å². The Morgan fingerprint density at radius 3 is 2.47 bits per heavy atom. The third-order valence-electron chi connectivity index (χ3n) is 2.42. The van der Waals surface area contributed by atoms with Crippen LogP contribution in [0.4, 0.5) is 0 Å². The number of hydrogen-bond acceptors (Lipinski definition) is 1. The minimum atomic E-state index is 0.439. The summed E-state index contributed by atoms with van der Waals surface area (Å²) in [5.41, 5.74) is 2.19. The third kappa shape index (κ3) is 3.24. The Balaban J connectivity index is 2.28. The molecule has 2 aromatic carbocycles. The van der Waals surface area contributed by atoms with Gasteiger partial charge in [-0.25, -0.2) is 0 Å². The topological polar surface area (TPSA) is 9.23 Å². The summed E-state index contributed by atoms with van der Waals surface area (Å²) in [6.45, 7) is 2.05. The van der Waals surface area contributed by atoms with Crippen molar-refractivity contribution in [3.8, 4) is 11.5 Å². The first-order valence-corrected chi connectivity index (χ1v) is 6.60. The molecule has 0 aliphatic carbocycles. The molecule has 0 aromatic heterocycles. The van der Waals surface area contributed by atoms with E-state index in [9.17, 15) is 0 Å².